The van der Waals surface area contributed by atoms with E-state index in [-0.39, 0.29) is 0 Å². The molecule has 1 aromatic rings. The average Bonchev–Trinajstić information content (AvgIpc) is 2.48. The van der Waals surface area contributed by atoms with Crippen LogP contribution in [0.5, 0.6) is 0 Å². The second kappa shape index (κ2) is 5.73. The predicted octanol–water partition coefficient (Wildman–Crippen LogP) is 4.00. The number of likely N-dealkylation sites (tertiary alicyclic amines) is 1. The Morgan fingerprint density at radius 3 is 2.71 bits per heavy atom. The van der Waals surface area contributed by atoms with Crippen LogP contribution in [0.15, 0.2) is 24.3 Å². The zero-order valence-corrected chi connectivity index (χ0v) is 13.8. The summed E-state index contributed by atoms with van der Waals surface area (Å²) in [6, 6.07) is 10.9. The highest BCUT2D eigenvalue weighted by Gasteiger charge is 2.39. The summed E-state index contributed by atoms with van der Waals surface area (Å²) in [5.74, 6) is 0. The maximum atomic E-state index is 6.09. The molecular formula is C19H30N2. The van der Waals surface area contributed by atoms with Crippen LogP contribution in [0.4, 0.5) is 0 Å². The normalized spacial score (nSPS) is 32.7. The summed E-state index contributed by atoms with van der Waals surface area (Å²) in [6.45, 7) is 7.97. The summed E-state index contributed by atoms with van der Waals surface area (Å²) in [5.41, 5.74) is 9.51. The zero-order valence-electron chi connectivity index (χ0n) is 13.8. The molecule has 1 aliphatic carbocycles. The van der Waals surface area contributed by atoms with Gasteiger partial charge < -0.3 is 5.73 Å². The molecule has 3 unspecified atom stereocenters. The van der Waals surface area contributed by atoms with Gasteiger partial charge in [0, 0.05) is 24.7 Å². The molecule has 0 saturated carbocycles. The first-order chi connectivity index (χ1) is 10.0. The minimum atomic E-state index is 0.310. The molecule has 2 heteroatoms. The van der Waals surface area contributed by atoms with Gasteiger partial charge >= 0.3 is 0 Å². The summed E-state index contributed by atoms with van der Waals surface area (Å²) >= 11 is 0. The number of hydrogen-bond donors (Lipinski definition) is 1. The van der Waals surface area contributed by atoms with Gasteiger partial charge in [-0.2, -0.15) is 0 Å². The number of nitrogens with zero attached hydrogens (tertiary/aromatic N) is 1. The monoisotopic (exact) mass is 286 g/mol. The number of fused-ring (bicyclic) bond motifs is 1. The van der Waals surface area contributed by atoms with Crippen LogP contribution >= 0.6 is 0 Å². The first-order valence-electron chi connectivity index (χ1n) is 8.61. The van der Waals surface area contributed by atoms with E-state index in [4.69, 9.17) is 5.73 Å². The van der Waals surface area contributed by atoms with E-state index in [1.807, 2.05) is 0 Å². The van der Waals surface area contributed by atoms with Crippen molar-refractivity contribution in [3.05, 3.63) is 35.4 Å². The van der Waals surface area contributed by atoms with Crippen LogP contribution in [-0.4, -0.2) is 23.5 Å². The Kier molecular flexibility index (Phi) is 4.11. The van der Waals surface area contributed by atoms with Gasteiger partial charge in [-0.15, -0.1) is 0 Å². The molecule has 1 aliphatic heterocycles. The Bertz CT molecular complexity index is 494. The van der Waals surface area contributed by atoms with E-state index >= 15 is 0 Å². The van der Waals surface area contributed by atoms with Crippen LogP contribution in [-0.2, 0) is 5.41 Å². The maximum Gasteiger partial charge on any atom is 0.0357 e. The van der Waals surface area contributed by atoms with Crippen LogP contribution in [0.1, 0.15) is 70.0 Å². The van der Waals surface area contributed by atoms with Crippen LogP contribution in [0.3, 0.4) is 0 Å². The van der Waals surface area contributed by atoms with E-state index in [0.29, 0.717) is 23.5 Å². The molecule has 0 spiro atoms. The van der Waals surface area contributed by atoms with Gasteiger partial charge in [-0.1, -0.05) is 44.5 Å². The minimum Gasteiger partial charge on any atom is -0.329 e. The lowest BCUT2D eigenvalue weighted by atomic mass is 9.70. The van der Waals surface area contributed by atoms with Crippen molar-refractivity contribution in [2.24, 2.45) is 5.73 Å². The highest BCUT2D eigenvalue weighted by Crippen LogP contribution is 2.46. The third-order valence-electron chi connectivity index (χ3n) is 5.81. The molecular weight excluding hydrogens is 256 g/mol. The molecule has 3 rings (SSSR count). The maximum absolute atomic E-state index is 6.09. The summed E-state index contributed by atoms with van der Waals surface area (Å²) in [6.07, 6.45) is 6.46. The van der Waals surface area contributed by atoms with Crippen molar-refractivity contribution in [1.82, 2.24) is 4.90 Å². The van der Waals surface area contributed by atoms with E-state index in [1.165, 1.54) is 32.1 Å². The smallest absolute Gasteiger partial charge is 0.0357 e. The molecule has 1 aromatic carbocycles. The lowest BCUT2D eigenvalue weighted by molar-refractivity contribution is 0.0364. The highest BCUT2D eigenvalue weighted by molar-refractivity contribution is 5.38. The van der Waals surface area contributed by atoms with E-state index in [1.54, 1.807) is 11.1 Å². The topological polar surface area (TPSA) is 29.3 Å². The van der Waals surface area contributed by atoms with Crippen LogP contribution in [0.25, 0.3) is 0 Å². The van der Waals surface area contributed by atoms with Gasteiger partial charge in [0.2, 0.25) is 0 Å². The molecule has 1 saturated heterocycles. The van der Waals surface area contributed by atoms with Crippen molar-refractivity contribution in [2.45, 2.75) is 76.4 Å². The van der Waals surface area contributed by atoms with Crippen molar-refractivity contribution < 1.29 is 0 Å². The molecule has 21 heavy (non-hydrogen) atoms. The highest BCUT2D eigenvalue weighted by atomic mass is 15.2. The molecule has 0 amide bonds. The SMILES string of the molecule is CC1CCCC(CN)N1C1CCC(C)(C)c2ccccc21. The zero-order chi connectivity index (χ0) is 15.0. The van der Waals surface area contributed by atoms with Crippen molar-refractivity contribution in [1.29, 1.82) is 0 Å². The van der Waals surface area contributed by atoms with Gasteiger partial charge in [0.1, 0.15) is 0 Å². The molecule has 1 heterocycles. The number of rotatable bonds is 2. The fraction of sp³-hybridized carbons (Fsp3) is 0.684. The second-order valence-electron chi connectivity index (χ2n) is 7.64. The minimum absolute atomic E-state index is 0.310. The van der Waals surface area contributed by atoms with Crippen molar-refractivity contribution in [3.63, 3.8) is 0 Å². The molecule has 1 fully saturated rings. The second-order valence-corrected chi connectivity index (χ2v) is 7.64. The summed E-state index contributed by atoms with van der Waals surface area (Å²) in [5, 5.41) is 0. The Hall–Kier alpha value is -0.860. The third kappa shape index (κ3) is 2.64. The first-order valence-corrected chi connectivity index (χ1v) is 8.61. The number of piperidine rings is 1. The van der Waals surface area contributed by atoms with Crippen LogP contribution < -0.4 is 5.73 Å². The van der Waals surface area contributed by atoms with Crippen LogP contribution in [0, 0.1) is 0 Å². The van der Waals surface area contributed by atoms with Gasteiger partial charge in [0.15, 0.2) is 0 Å². The van der Waals surface area contributed by atoms with Crippen molar-refractivity contribution >= 4 is 0 Å². The fourth-order valence-electron chi connectivity index (χ4n) is 4.61. The summed E-state index contributed by atoms with van der Waals surface area (Å²) in [7, 11) is 0. The van der Waals surface area contributed by atoms with E-state index in [2.05, 4.69) is 49.9 Å². The fourth-order valence-corrected chi connectivity index (χ4v) is 4.61. The summed E-state index contributed by atoms with van der Waals surface area (Å²) in [4.78, 5) is 2.75. The predicted molar refractivity (Wildman–Crippen MR) is 89.4 cm³/mol. The van der Waals surface area contributed by atoms with Crippen molar-refractivity contribution in [3.8, 4) is 0 Å². The first kappa shape index (κ1) is 15.1. The Balaban J connectivity index is 1.99. The lowest BCUT2D eigenvalue weighted by Crippen LogP contribution is -2.51. The molecule has 0 radical (unpaired) electrons. The largest absolute Gasteiger partial charge is 0.329 e. The van der Waals surface area contributed by atoms with Gasteiger partial charge in [0.05, 0.1) is 0 Å². The quantitative estimate of drug-likeness (QED) is 0.890. The molecule has 0 aromatic heterocycles. The Morgan fingerprint density at radius 2 is 1.95 bits per heavy atom. The van der Waals surface area contributed by atoms with Crippen molar-refractivity contribution in [2.75, 3.05) is 6.54 Å². The number of hydrogen-bond acceptors (Lipinski definition) is 2. The number of benzene rings is 1. The van der Waals surface area contributed by atoms with Gasteiger partial charge in [-0.05, 0) is 49.1 Å². The molecule has 2 N–H and O–H groups in total. The standard InChI is InChI=1S/C19H30N2/c1-14-7-6-8-15(13-20)21(14)18-11-12-19(2,3)17-10-5-4-9-16(17)18/h4-5,9-10,14-15,18H,6-8,11-13,20H2,1-3H3. The van der Waals surface area contributed by atoms with Gasteiger partial charge in [-0.3, -0.25) is 4.90 Å². The van der Waals surface area contributed by atoms with E-state index < -0.39 is 0 Å². The van der Waals surface area contributed by atoms with E-state index in [9.17, 15) is 0 Å². The number of nitrogens with two attached hydrogens (primary N) is 1. The molecule has 0 bridgehead atoms. The lowest BCUT2D eigenvalue weighted by Gasteiger charge is -2.49. The molecule has 2 nitrogen and oxygen atoms in total. The molecule has 116 valence electrons. The Morgan fingerprint density at radius 1 is 1.19 bits per heavy atom. The van der Waals surface area contributed by atoms with E-state index in [0.717, 1.165) is 6.54 Å². The average molecular weight is 286 g/mol. The van der Waals surface area contributed by atoms with Gasteiger partial charge in [0.25, 0.3) is 0 Å². The Labute approximate surface area is 129 Å². The molecule has 2 aliphatic rings. The molecule has 3 atom stereocenters. The third-order valence-corrected chi connectivity index (χ3v) is 5.81. The van der Waals surface area contributed by atoms with Gasteiger partial charge in [-0.25, -0.2) is 0 Å². The summed E-state index contributed by atoms with van der Waals surface area (Å²) < 4.78 is 0. The van der Waals surface area contributed by atoms with Crippen LogP contribution in [0.2, 0.25) is 0 Å².